The first-order chi connectivity index (χ1) is 7.42. The van der Waals surface area contributed by atoms with Crippen LogP contribution in [0.3, 0.4) is 0 Å². The van der Waals surface area contributed by atoms with E-state index in [1.165, 1.54) is 7.11 Å². The van der Waals surface area contributed by atoms with Crippen LogP contribution in [0.4, 0.5) is 0 Å². The van der Waals surface area contributed by atoms with Gasteiger partial charge < -0.3 is 26.6 Å². The maximum Gasteiger partial charge on any atom is 0.326 e. The number of hydrogen-bond acceptors (Lipinski definition) is 5. The molecule has 1 unspecified atom stereocenters. The first-order valence-corrected chi connectivity index (χ1v) is 4.46. The molecule has 0 aromatic heterocycles. The lowest BCUT2D eigenvalue weighted by Gasteiger charge is -2.17. The van der Waals surface area contributed by atoms with Gasteiger partial charge in [0.15, 0.2) is 0 Å². The Morgan fingerprint density at radius 3 is 2.31 bits per heavy atom. The molecule has 0 fully saturated rings. The lowest BCUT2D eigenvalue weighted by molar-refractivity contribution is -0.145. The van der Waals surface area contributed by atoms with Crippen LogP contribution in [-0.2, 0) is 19.1 Å². The van der Waals surface area contributed by atoms with Crippen LogP contribution in [0.2, 0.25) is 0 Å². The third-order valence-electron chi connectivity index (χ3n) is 1.81. The zero-order valence-corrected chi connectivity index (χ0v) is 8.80. The third kappa shape index (κ3) is 4.71. The van der Waals surface area contributed by atoms with Gasteiger partial charge in [0, 0.05) is 13.7 Å². The summed E-state index contributed by atoms with van der Waals surface area (Å²) < 4.78 is 4.70. The van der Waals surface area contributed by atoms with Gasteiger partial charge in [-0.15, -0.1) is 0 Å². The molecule has 16 heavy (non-hydrogen) atoms. The van der Waals surface area contributed by atoms with Crippen molar-refractivity contribution in [3.05, 3.63) is 0 Å². The minimum Gasteiger partial charge on any atom is -0.480 e. The Hall–Kier alpha value is -1.67. The van der Waals surface area contributed by atoms with Gasteiger partial charge in [-0.1, -0.05) is 0 Å². The van der Waals surface area contributed by atoms with E-state index in [4.69, 9.17) is 21.3 Å². The smallest absolute Gasteiger partial charge is 0.326 e. The fourth-order valence-electron chi connectivity index (χ4n) is 0.976. The highest BCUT2D eigenvalue weighted by molar-refractivity contribution is 5.89. The number of carbonyl (C=O) groups is 3. The summed E-state index contributed by atoms with van der Waals surface area (Å²) >= 11 is 0. The van der Waals surface area contributed by atoms with Gasteiger partial charge in [0.2, 0.25) is 5.91 Å². The highest BCUT2D eigenvalue weighted by Gasteiger charge is 2.25. The summed E-state index contributed by atoms with van der Waals surface area (Å²) in [5.41, 5.74) is 10.1. The molecule has 0 aliphatic heterocycles. The molecule has 2 amide bonds. The molecule has 2 atom stereocenters. The van der Waals surface area contributed by atoms with Crippen LogP contribution in [0.25, 0.3) is 0 Å². The van der Waals surface area contributed by atoms with Crippen LogP contribution in [0.1, 0.15) is 6.42 Å². The van der Waals surface area contributed by atoms with E-state index in [0.29, 0.717) is 0 Å². The van der Waals surface area contributed by atoms with E-state index in [1.54, 1.807) is 0 Å². The maximum absolute atomic E-state index is 11.4. The number of carboxylic acids is 1. The van der Waals surface area contributed by atoms with Gasteiger partial charge >= 0.3 is 5.97 Å². The molecule has 8 nitrogen and oxygen atoms in total. The van der Waals surface area contributed by atoms with E-state index in [-0.39, 0.29) is 6.54 Å². The summed E-state index contributed by atoms with van der Waals surface area (Å²) in [6, 6.07) is -1.37. The van der Waals surface area contributed by atoms with Crippen molar-refractivity contribution in [1.82, 2.24) is 5.32 Å². The number of nitrogens with one attached hydrogen (secondary N) is 1. The van der Waals surface area contributed by atoms with Crippen LogP contribution in [-0.4, -0.2) is 48.7 Å². The third-order valence-corrected chi connectivity index (χ3v) is 1.81. The van der Waals surface area contributed by atoms with Crippen LogP contribution >= 0.6 is 0 Å². The first kappa shape index (κ1) is 14.3. The Morgan fingerprint density at radius 1 is 1.44 bits per heavy atom. The molecule has 0 radical (unpaired) electrons. The van der Waals surface area contributed by atoms with Gasteiger partial charge in [-0.25, -0.2) is 4.79 Å². The Bertz CT molecular complexity index is 277. The number of amides is 2. The predicted octanol–water partition coefficient (Wildman–Crippen LogP) is -2.60. The summed E-state index contributed by atoms with van der Waals surface area (Å²) in [4.78, 5) is 32.6. The van der Waals surface area contributed by atoms with Crippen molar-refractivity contribution in [2.75, 3.05) is 13.7 Å². The van der Waals surface area contributed by atoms with Crippen molar-refractivity contribution in [1.29, 1.82) is 0 Å². The first-order valence-electron chi connectivity index (χ1n) is 4.46. The number of primary amides is 1. The molecule has 0 aromatic rings. The van der Waals surface area contributed by atoms with Crippen LogP contribution in [0.5, 0.6) is 0 Å². The molecule has 0 heterocycles. The monoisotopic (exact) mass is 233 g/mol. The number of carbonyl (C=O) groups excluding carboxylic acids is 2. The number of nitrogens with two attached hydrogens (primary N) is 2. The summed E-state index contributed by atoms with van der Waals surface area (Å²) in [6.07, 6.45) is -1.43. The van der Waals surface area contributed by atoms with Gasteiger partial charge in [-0.3, -0.25) is 9.59 Å². The molecule has 92 valence electrons. The van der Waals surface area contributed by atoms with Crippen molar-refractivity contribution < 1.29 is 24.2 Å². The molecule has 0 aliphatic rings. The van der Waals surface area contributed by atoms with E-state index in [1.807, 2.05) is 0 Å². The van der Waals surface area contributed by atoms with Crippen molar-refractivity contribution in [2.45, 2.75) is 18.6 Å². The van der Waals surface area contributed by atoms with Gasteiger partial charge in [-0.2, -0.15) is 0 Å². The van der Waals surface area contributed by atoms with Crippen molar-refractivity contribution in [3.63, 3.8) is 0 Å². The Kier molecular flexibility index (Phi) is 6.04. The van der Waals surface area contributed by atoms with Crippen LogP contribution in [0, 0.1) is 0 Å². The molecule has 0 saturated heterocycles. The van der Waals surface area contributed by atoms with E-state index < -0.39 is 36.4 Å². The highest BCUT2D eigenvalue weighted by atomic mass is 16.5. The Balaban J connectivity index is 4.44. The highest BCUT2D eigenvalue weighted by Crippen LogP contribution is 1.95. The summed E-state index contributed by atoms with van der Waals surface area (Å²) in [6.45, 7) is -0.0920. The van der Waals surface area contributed by atoms with E-state index in [0.717, 1.165) is 0 Å². The zero-order valence-electron chi connectivity index (χ0n) is 8.80. The predicted molar refractivity (Wildman–Crippen MR) is 53.2 cm³/mol. The average Bonchev–Trinajstić information content (AvgIpc) is 2.17. The maximum atomic E-state index is 11.4. The fourth-order valence-corrected chi connectivity index (χ4v) is 0.976. The Labute approximate surface area is 91.9 Å². The summed E-state index contributed by atoms with van der Waals surface area (Å²) in [5, 5.41) is 10.8. The van der Waals surface area contributed by atoms with E-state index >= 15 is 0 Å². The van der Waals surface area contributed by atoms with Crippen molar-refractivity contribution >= 4 is 17.8 Å². The molecule has 6 N–H and O–H groups in total. The largest absolute Gasteiger partial charge is 0.480 e. The average molecular weight is 233 g/mol. The van der Waals surface area contributed by atoms with E-state index in [2.05, 4.69) is 5.32 Å². The van der Waals surface area contributed by atoms with Gasteiger partial charge in [0.25, 0.3) is 5.91 Å². The number of rotatable bonds is 7. The van der Waals surface area contributed by atoms with E-state index in [9.17, 15) is 14.4 Å². The summed E-state index contributed by atoms with van der Waals surface area (Å²) in [5.74, 6) is -2.87. The van der Waals surface area contributed by atoms with Gasteiger partial charge in [0.1, 0.15) is 12.1 Å². The molecule has 0 aliphatic carbocycles. The lowest BCUT2D eigenvalue weighted by atomic mass is 10.2. The standard InChI is InChI=1S/C8H15N3O5/c1-16-5(3-9)7(13)11-4(8(14)15)2-6(10)12/h4-5H,2-3,9H2,1H3,(H2,10,12)(H,11,13)(H,14,15)/t4-,5?/m0/s1. The Morgan fingerprint density at radius 2 is 2.00 bits per heavy atom. The molecule has 0 aromatic carbocycles. The minimum absolute atomic E-state index is 0.0920. The molecule has 0 saturated carbocycles. The number of ether oxygens (including phenoxy) is 1. The zero-order chi connectivity index (χ0) is 12.7. The minimum atomic E-state index is -1.37. The molecule has 0 bridgehead atoms. The molecular weight excluding hydrogens is 218 g/mol. The molecule has 0 rings (SSSR count). The SMILES string of the molecule is COC(CN)C(=O)N[C@@H](CC(N)=O)C(=O)O. The number of aliphatic carboxylic acids is 1. The summed E-state index contributed by atoms with van der Waals surface area (Å²) in [7, 11) is 1.26. The second-order valence-corrected chi connectivity index (χ2v) is 3.03. The lowest BCUT2D eigenvalue weighted by Crippen LogP contribution is -2.49. The molecule has 8 heteroatoms. The van der Waals surface area contributed by atoms with Crippen molar-refractivity contribution in [3.8, 4) is 0 Å². The van der Waals surface area contributed by atoms with Crippen LogP contribution in [0.15, 0.2) is 0 Å². The van der Waals surface area contributed by atoms with Crippen LogP contribution < -0.4 is 16.8 Å². The number of hydrogen-bond donors (Lipinski definition) is 4. The topological polar surface area (TPSA) is 145 Å². The fraction of sp³-hybridized carbons (Fsp3) is 0.625. The second kappa shape index (κ2) is 6.75. The van der Waals surface area contributed by atoms with Gasteiger partial charge in [0.05, 0.1) is 6.42 Å². The van der Waals surface area contributed by atoms with Crippen molar-refractivity contribution in [2.24, 2.45) is 11.5 Å². The quantitative estimate of drug-likeness (QED) is 0.379. The second-order valence-electron chi connectivity index (χ2n) is 3.03. The molecule has 0 spiro atoms. The normalized spacial score (nSPS) is 13.9. The van der Waals surface area contributed by atoms with Gasteiger partial charge in [-0.05, 0) is 0 Å². The molecular formula is C8H15N3O5. The number of carboxylic acid groups (broad SMARTS) is 1. The number of methoxy groups -OCH3 is 1.